The Morgan fingerprint density at radius 3 is 2.22 bits per heavy atom. The van der Waals surface area contributed by atoms with Gasteiger partial charge in [-0.25, -0.2) is 0 Å². The second-order valence-electron chi connectivity index (χ2n) is 3.50. The molecule has 18 heavy (non-hydrogen) atoms. The highest BCUT2D eigenvalue weighted by Crippen LogP contribution is 2.25. The van der Waals surface area contributed by atoms with Crippen LogP contribution in [0, 0.1) is 0 Å². The zero-order valence-electron chi connectivity index (χ0n) is 9.09. The van der Waals surface area contributed by atoms with Crippen molar-refractivity contribution in [3.8, 4) is 5.75 Å². The Labute approximate surface area is 113 Å². The molecule has 0 saturated heterocycles. The fourth-order valence-electron chi connectivity index (χ4n) is 1.25. The molecule has 0 N–H and O–H groups in total. The smallest absolute Gasteiger partial charge is 0.453 e. The van der Waals surface area contributed by atoms with Gasteiger partial charge in [0.2, 0.25) is 0 Å². The van der Waals surface area contributed by atoms with E-state index in [4.69, 9.17) is 4.74 Å². The van der Waals surface area contributed by atoms with Crippen molar-refractivity contribution in [3.63, 3.8) is 0 Å². The standard InChI is InChI=1S/C11H11F3O2S2/c12-11(13,14)10(15)8(6-9(17)18)16-7-4-2-1-3-5-7/h1-5,8-9,17-18H,6H2. The Bertz CT molecular complexity index is 393. The van der Waals surface area contributed by atoms with E-state index in [1.54, 1.807) is 18.2 Å². The molecule has 1 aromatic rings. The van der Waals surface area contributed by atoms with E-state index in [2.05, 4.69) is 25.3 Å². The molecule has 100 valence electrons. The third-order valence-electron chi connectivity index (χ3n) is 2.02. The van der Waals surface area contributed by atoms with E-state index in [0.717, 1.165) is 0 Å². The molecular weight excluding hydrogens is 285 g/mol. The third-order valence-corrected chi connectivity index (χ3v) is 2.44. The summed E-state index contributed by atoms with van der Waals surface area (Å²) in [4.78, 5) is 11.2. The van der Waals surface area contributed by atoms with Gasteiger partial charge in [0.1, 0.15) is 5.75 Å². The van der Waals surface area contributed by atoms with E-state index >= 15 is 0 Å². The SMILES string of the molecule is O=C(C(CC(S)S)Oc1ccccc1)C(F)(F)F. The molecule has 0 saturated carbocycles. The van der Waals surface area contributed by atoms with Gasteiger partial charge in [0.25, 0.3) is 5.78 Å². The summed E-state index contributed by atoms with van der Waals surface area (Å²) in [5, 5.41) is 0. The van der Waals surface area contributed by atoms with Gasteiger partial charge in [0.05, 0.1) is 0 Å². The quantitative estimate of drug-likeness (QED) is 0.645. The number of para-hydroxylation sites is 1. The largest absolute Gasteiger partial charge is 0.482 e. The number of ketones is 1. The Morgan fingerprint density at radius 2 is 1.78 bits per heavy atom. The minimum absolute atomic E-state index is 0.197. The van der Waals surface area contributed by atoms with E-state index in [1.165, 1.54) is 12.1 Å². The predicted octanol–water partition coefficient (Wildman–Crippen LogP) is 3.14. The molecule has 0 spiro atoms. The zero-order chi connectivity index (χ0) is 13.8. The van der Waals surface area contributed by atoms with Crippen LogP contribution >= 0.6 is 25.3 Å². The van der Waals surface area contributed by atoms with E-state index in [-0.39, 0.29) is 12.2 Å². The highest BCUT2D eigenvalue weighted by atomic mass is 32.2. The number of thiol groups is 2. The van der Waals surface area contributed by atoms with Gasteiger partial charge in [0.15, 0.2) is 6.10 Å². The number of rotatable bonds is 5. The van der Waals surface area contributed by atoms with Crippen LogP contribution in [0.5, 0.6) is 5.75 Å². The first kappa shape index (κ1) is 15.2. The number of halogens is 3. The van der Waals surface area contributed by atoms with Gasteiger partial charge in [0, 0.05) is 11.0 Å². The van der Waals surface area contributed by atoms with Crippen LogP contribution in [0.15, 0.2) is 30.3 Å². The Balaban J connectivity index is 2.83. The number of Topliss-reactive ketones (excluding diaryl/α,β-unsaturated/α-hetero) is 1. The highest BCUT2D eigenvalue weighted by Gasteiger charge is 2.44. The van der Waals surface area contributed by atoms with Crippen LogP contribution in [0.4, 0.5) is 13.2 Å². The van der Waals surface area contributed by atoms with Crippen molar-refractivity contribution < 1.29 is 22.7 Å². The maximum atomic E-state index is 12.4. The number of hydrogen-bond acceptors (Lipinski definition) is 4. The molecule has 0 aromatic heterocycles. The molecule has 1 unspecified atom stereocenters. The molecule has 0 aliphatic carbocycles. The van der Waals surface area contributed by atoms with Gasteiger partial charge in [-0.1, -0.05) is 18.2 Å². The maximum Gasteiger partial charge on any atom is 0.453 e. The molecule has 0 aliphatic heterocycles. The minimum atomic E-state index is -4.93. The lowest BCUT2D eigenvalue weighted by Gasteiger charge is -2.20. The summed E-state index contributed by atoms with van der Waals surface area (Å²) in [6.45, 7) is 0. The predicted molar refractivity (Wildman–Crippen MR) is 68.3 cm³/mol. The summed E-state index contributed by atoms with van der Waals surface area (Å²) in [7, 11) is 0. The third kappa shape index (κ3) is 4.81. The van der Waals surface area contributed by atoms with Crippen LogP contribution in [0.1, 0.15) is 6.42 Å². The number of benzene rings is 1. The highest BCUT2D eigenvalue weighted by molar-refractivity contribution is 7.99. The van der Waals surface area contributed by atoms with Crippen molar-refractivity contribution in [2.75, 3.05) is 0 Å². The molecule has 0 heterocycles. The van der Waals surface area contributed by atoms with Gasteiger partial charge in [-0.3, -0.25) is 4.79 Å². The van der Waals surface area contributed by atoms with Crippen LogP contribution in [0.25, 0.3) is 0 Å². The number of carbonyl (C=O) groups excluding carboxylic acids is 1. The summed E-state index contributed by atoms with van der Waals surface area (Å²) in [6.07, 6.45) is -6.80. The molecule has 2 nitrogen and oxygen atoms in total. The average Bonchev–Trinajstić information content (AvgIpc) is 2.26. The van der Waals surface area contributed by atoms with E-state index < -0.39 is 22.6 Å². The lowest BCUT2D eigenvalue weighted by molar-refractivity contribution is -0.178. The first-order valence-electron chi connectivity index (χ1n) is 4.99. The number of hydrogen-bond donors (Lipinski definition) is 2. The first-order chi connectivity index (χ1) is 8.30. The summed E-state index contributed by atoms with van der Waals surface area (Å²) in [6, 6.07) is 7.84. The minimum Gasteiger partial charge on any atom is -0.482 e. The monoisotopic (exact) mass is 296 g/mol. The van der Waals surface area contributed by atoms with Gasteiger partial charge < -0.3 is 4.74 Å². The molecule has 7 heteroatoms. The topological polar surface area (TPSA) is 26.3 Å². The second-order valence-corrected chi connectivity index (χ2v) is 5.15. The van der Waals surface area contributed by atoms with E-state index in [1.807, 2.05) is 0 Å². The van der Waals surface area contributed by atoms with Gasteiger partial charge in [-0.05, 0) is 12.1 Å². The van der Waals surface area contributed by atoms with Crippen LogP contribution in [-0.2, 0) is 4.79 Å². The van der Waals surface area contributed by atoms with Crippen molar-refractivity contribution in [1.82, 2.24) is 0 Å². The molecule has 0 radical (unpaired) electrons. The fraction of sp³-hybridized carbons (Fsp3) is 0.364. The van der Waals surface area contributed by atoms with Crippen LogP contribution in [0.3, 0.4) is 0 Å². The number of ether oxygens (including phenoxy) is 1. The van der Waals surface area contributed by atoms with Gasteiger partial charge >= 0.3 is 6.18 Å². The normalized spacial score (nSPS) is 13.4. The second kappa shape index (κ2) is 6.38. The Morgan fingerprint density at radius 1 is 1.22 bits per heavy atom. The lowest BCUT2D eigenvalue weighted by Crippen LogP contribution is -2.39. The van der Waals surface area contributed by atoms with Crippen LogP contribution in [-0.4, -0.2) is 22.6 Å². The summed E-state index contributed by atoms with van der Waals surface area (Å²) < 4.78 is 41.5. The van der Waals surface area contributed by atoms with Crippen LogP contribution in [0.2, 0.25) is 0 Å². The lowest BCUT2D eigenvalue weighted by atomic mass is 10.1. The van der Waals surface area contributed by atoms with Crippen molar-refractivity contribution in [1.29, 1.82) is 0 Å². The molecule has 0 bridgehead atoms. The van der Waals surface area contributed by atoms with Crippen molar-refractivity contribution in [3.05, 3.63) is 30.3 Å². The van der Waals surface area contributed by atoms with Gasteiger partial charge in [-0.15, -0.1) is 0 Å². The van der Waals surface area contributed by atoms with Crippen LogP contribution < -0.4 is 4.74 Å². The molecule has 0 aliphatic rings. The van der Waals surface area contributed by atoms with E-state index in [9.17, 15) is 18.0 Å². The Hall–Kier alpha value is -0.820. The molecular formula is C11H11F3O2S2. The van der Waals surface area contributed by atoms with Crippen molar-refractivity contribution in [2.24, 2.45) is 0 Å². The molecule has 1 rings (SSSR count). The van der Waals surface area contributed by atoms with Gasteiger partial charge in [-0.2, -0.15) is 38.4 Å². The fourth-order valence-corrected chi connectivity index (χ4v) is 1.63. The zero-order valence-corrected chi connectivity index (χ0v) is 10.9. The first-order valence-corrected chi connectivity index (χ1v) is 6.03. The Kier molecular flexibility index (Phi) is 5.40. The van der Waals surface area contributed by atoms with E-state index in [0.29, 0.717) is 0 Å². The summed E-state index contributed by atoms with van der Waals surface area (Å²) >= 11 is 7.72. The molecule has 1 aromatic carbocycles. The maximum absolute atomic E-state index is 12.4. The summed E-state index contributed by atoms with van der Waals surface area (Å²) in [5.74, 6) is -1.73. The van der Waals surface area contributed by atoms with Crippen molar-refractivity contribution >= 4 is 31.0 Å². The molecule has 0 fully saturated rings. The molecule has 0 amide bonds. The average molecular weight is 296 g/mol. The summed E-state index contributed by atoms with van der Waals surface area (Å²) in [5.41, 5.74) is 0. The number of alkyl halides is 3. The van der Waals surface area contributed by atoms with Crippen molar-refractivity contribution in [2.45, 2.75) is 23.3 Å². The molecule has 1 atom stereocenters. The number of carbonyl (C=O) groups is 1.